The zero-order chi connectivity index (χ0) is 15.8. The number of likely N-dealkylation sites (N-methyl/N-ethyl adjacent to an activating group) is 1. The van der Waals surface area contributed by atoms with Gasteiger partial charge < -0.3 is 20.1 Å². The number of nitrogens with one attached hydrogen (secondary N) is 1. The topological polar surface area (TPSA) is 61.8 Å². The van der Waals surface area contributed by atoms with Crippen molar-refractivity contribution in [3.05, 3.63) is 60.2 Å². The molecule has 0 unspecified atom stereocenters. The van der Waals surface area contributed by atoms with E-state index in [2.05, 4.69) is 5.32 Å². The van der Waals surface area contributed by atoms with Crippen LogP contribution in [0.2, 0.25) is 0 Å². The van der Waals surface area contributed by atoms with Crippen LogP contribution in [0.3, 0.4) is 0 Å². The fourth-order valence-corrected chi connectivity index (χ4v) is 1.91. The number of carbonyl (C=O) groups is 1. The minimum absolute atomic E-state index is 0.0513. The number of ether oxygens (including phenoxy) is 1. The molecule has 2 rings (SSSR count). The molecule has 0 fully saturated rings. The molecule has 0 atom stereocenters. The summed E-state index contributed by atoms with van der Waals surface area (Å²) in [6.07, 6.45) is 0. The summed E-state index contributed by atoms with van der Waals surface area (Å²) in [5.74, 6) is 1.49. The molecule has 0 aromatic heterocycles. The first-order valence-corrected chi connectivity index (χ1v) is 7.10. The number of para-hydroxylation sites is 1. The second-order valence-electron chi connectivity index (χ2n) is 4.87. The molecule has 22 heavy (non-hydrogen) atoms. The quantitative estimate of drug-likeness (QED) is 0.862. The monoisotopic (exact) mass is 300 g/mol. The van der Waals surface area contributed by atoms with Crippen molar-refractivity contribution < 1.29 is 14.6 Å². The molecule has 2 N–H and O–H groups in total. The van der Waals surface area contributed by atoms with Gasteiger partial charge in [0.05, 0.1) is 6.61 Å². The van der Waals surface area contributed by atoms with Crippen molar-refractivity contribution in [1.82, 2.24) is 10.2 Å². The smallest absolute Gasteiger partial charge is 0.317 e. The van der Waals surface area contributed by atoms with Crippen molar-refractivity contribution in [2.45, 2.75) is 6.54 Å². The van der Waals surface area contributed by atoms with Gasteiger partial charge in [-0.15, -0.1) is 0 Å². The van der Waals surface area contributed by atoms with Gasteiger partial charge in [0.25, 0.3) is 0 Å². The van der Waals surface area contributed by atoms with Crippen LogP contribution < -0.4 is 10.1 Å². The van der Waals surface area contributed by atoms with E-state index < -0.39 is 0 Å². The lowest BCUT2D eigenvalue weighted by molar-refractivity contribution is 0.190. The van der Waals surface area contributed by atoms with Gasteiger partial charge in [-0.3, -0.25) is 0 Å². The summed E-state index contributed by atoms with van der Waals surface area (Å²) >= 11 is 0. The minimum atomic E-state index is -0.219. The van der Waals surface area contributed by atoms with Crippen molar-refractivity contribution in [3.8, 4) is 11.5 Å². The van der Waals surface area contributed by atoms with Crippen molar-refractivity contribution in [2.24, 2.45) is 0 Å². The van der Waals surface area contributed by atoms with Crippen molar-refractivity contribution in [2.75, 3.05) is 20.2 Å². The Kier molecular flexibility index (Phi) is 5.80. The Labute approximate surface area is 130 Å². The second-order valence-corrected chi connectivity index (χ2v) is 4.87. The van der Waals surface area contributed by atoms with E-state index in [-0.39, 0.29) is 12.6 Å². The molecular weight excluding hydrogens is 280 g/mol. The number of carbonyl (C=O) groups excluding carboxylic acids is 1. The van der Waals surface area contributed by atoms with Crippen LogP contribution in [0.5, 0.6) is 11.5 Å². The molecule has 5 nitrogen and oxygen atoms in total. The number of amides is 2. The molecule has 0 spiro atoms. The van der Waals surface area contributed by atoms with Gasteiger partial charge >= 0.3 is 6.03 Å². The van der Waals surface area contributed by atoms with E-state index >= 15 is 0 Å². The van der Waals surface area contributed by atoms with Crippen LogP contribution in [0.4, 0.5) is 4.79 Å². The number of urea groups is 1. The molecule has 0 bridgehead atoms. The molecule has 2 aromatic carbocycles. The van der Waals surface area contributed by atoms with Gasteiger partial charge in [-0.1, -0.05) is 30.3 Å². The standard InChI is InChI=1S/C17H20N2O3/c1-19(10-11-20)17(21)18-13-14-6-5-9-16(12-14)22-15-7-3-2-4-8-15/h2-9,12,20H,10-11,13H2,1H3,(H,18,21). The maximum absolute atomic E-state index is 11.8. The first kappa shape index (κ1) is 15.9. The van der Waals surface area contributed by atoms with E-state index in [1.807, 2.05) is 54.6 Å². The molecule has 0 aliphatic heterocycles. The van der Waals surface area contributed by atoms with E-state index in [0.29, 0.717) is 13.1 Å². The number of nitrogens with zero attached hydrogens (tertiary/aromatic N) is 1. The summed E-state index contributed by atoms with van der Waals surface area (Å²) in [7, 11) is 1.64. The predicted molar refractivity (Wildman–Crippen MR) is 84.9 cm³/mol. The average molecular weight is 300 g/mol. The van der Waals surface area contributed by atoms with Crippen LogP contribution >= 0.6 is 0 Å². The van der Waals surface area contributed by atoms with Gasteiger partial charge in [0.15, 0.2) is 0 Å². The third kappa shape index (κ3) is 4.79. The van der Waals surface area contributed by atoms with Gasteiger partial charge in [0.1, 0.15) is 11.5 Å². The Morgan fingerprint density at radius 2 is 1.86 bits per heavy atom. The lowest BCUT2D eigenvalue weighted by Crippen LogP contribution is -2.38. The number of hydrogen-bond acceptors (Lipinski definition) is 3. The highest BCUT2D eigenvalue weighted by Gasteiger charge is 2.07. The molecule has 2 aromatic rings. The van der Waals surface area contributed by atoms with E-state index in [4.69, 9.17) is 9.84 Å². The number of aliphatic hydroxyl groups is 1. The van der Waals surface area contributed by atoms with E-state index in [0.717, 1.165) is 17.1 Å². The van der Waals surface area contributed by atoms with E-state index in [1.54, 1.807) is 7.05 Å². The molecule has 0 radical (unpaired) electrons. The molecule has 116 valence electrons. The van der Waals surface area contributed by atoms with Gasteiger partial charge in [-0.25, -0.2) is 4.79 Å². The lowest BCUT2D eigenvalue weighted by atomic mass is 10.2. The predicted octanol–water partition coefficient (Wildman–Crippen LogP) is 2.61. The second kappa shape index (κ2) is 8.05. The van der Waals surface area contributed by atoms with Gasteiger partial charge in [-0.2, -0.15) is 0 Å². The summed E-state index contributed by atoms with van der Waals surface area (Å²) in [5, 5.41) is 11.6. The van der Waals surface area contributed by atoms with Crippen molar-refractivity contribution >= 4 is 6.03 Å². The summed E-state index contributed by atoms with van der Waals surface area (Å²) in [5.41, 5.74) is 0.944. The van der Waals surface area contributed by atoms with Gasteiger partial charge in [0, 0.05) is 20.1 Å². The number of hydrogen-bond donors (Lipinski definition) is 2. The summed E-state index contributed by atoms with van der Waals surface area (Å²) in [6, 6.07) is 16.9. The fraction of sp³-hybridized carbons (Fsp3) is 0.235. The van der Waals surface area contributed by atoms with Crippen molar-refractivity contribution in [1.29, 1.82) is 0 Å². The first-order valence-electron chi connectivity index (χ1n) is 7.10. The third-order valence-corrected chi connectivity index (χ3v) is 3.10. The van der Waals surface area contributed by atoms with Crippen LogP contribution in [0.25, 0.3) is 0 Å². The highest BCUT2D eigenvalue weighted by atomic mass is 16.5. The normalized spacial score (nSPS) is 10.1. The maximum Gasteiger partial charge on any atom is 0.317 e. The average Bonchev–Trinajstić information content (AvgIpc) is 2.54. The Bertz CT molecular complexity index is 602. The van der Waals surface area contributed by atoms with Crippen LogP contribution in [-0.4, -0.2) is 36.2 Å². The van der Waals surface area contributed by atoms with Crippen LogP contribution in [0.15, 0.2) is 54.6 Å². The van der Waals surface area contributed by atoms with Crippen molar-refractivity contribution in [3.63, 3.8) is 0 Å². The third-order valence-electron chi connectivity index (χ3n) is 3.10. The van der Waals surface area contributed by atoms with E-state index in [1.165, 1.54) is 4.90 Å². The Balaban J connectivity index is 1.93. The van der Waals surface area contributed by atoms with E-state index in [9.17, 15) is 4.79 Å². The largest absolute Gasteiger partial charge is 0.457 e. The Hall–Kier alpha value is -2.53. The zero-order valence-corrected chi connectivity index (χ0v) is 12.5. The lowest BCUT2D eigenvalue weighted by Gasteiger charge is -2.16. The van der Waals surface area contributed by atoms with Crippen LogP contribution in [0.1, 0.15) is 5.56 Å². The van der Waals surface area contributed by atoms with Gasteiger partial charge in [-0.05, 0) is 29.8 Å². The van der Waals surface area contributed by atoms with Crippen LogP contribution in [-0.2, 0) is 6.54 Å². The molecule has 5 heteroatoms. The number of rotatable bonds is 6. The highest BCUT2D eigenvalue weighted by Crippen LogP contribution is 2.21. The Morgan fingerprint density at radius 3 is 2.59 bits per heavy atom. The van der Waals surface area contributed by atoms with Crippen LogP contribution in [0, 0.1) is 0 Å². The number of aliphatic hydroxyl groups excluding tert-OH is 1. The SMILES string of the molecule is CN(CCO)C(=O)NCc1cccc(Oc2ccccc2)c1. The molecular formula is C17H20N2O3. The summed E-state index contributed by atoms with van der Waals surface area (Å²) in [4.78, 5) is 13.2. The zero-order valence-electron chi connectivity index (χ0n) is 12.5. The fourth-order valence-electron chi connectivity index (χ4n) is 1.91. The molecule has 0 heterocycles. The first-order chi connectivity index (χ1) is 10.7. The molecule has 2 amide bonds. The molecule has 0 aliphatic carbocycles. The summed E-state index contributed by atoms with van der Waals surface area (Å²) in [6.45, 7) is 0.661. The molecule has 0 aliphatic rings. The molecule has 0 saturated heterocycles. The highest BCUT2D eigenvalue weighted by molar-refractivity contribution is 5.73. The summed E-state index contributed by atoms with van der Waals surface area (Å²) < 4.78 is 5.76. The number of benzene rings is 2. The molecule has 0 saturated carbocycles. The van der Waals surface area contributed by atoms with Gasteiger partial charge in [0.2, 0.25) is 0 Å². The maximum atomic E-state index is 11.8. The Morgan fingerprint density at radius 1 is 1.14 bits per heavy atom. The minimum Gasteiger partial charge on any atom is -0.457 e.